The van der Waals surface area contributed by atoms with Crippen LogP contribution in [0, 0.1) is 6.92 Å². The van der Waals surface area contributed by atoms with Crippen molar-refractivity contribution in [2.45, 2.75) is 39.3 Å². The molecule has 1 fully saturated rings. The predicted octanol–water partition coefficient (Wildman–Crippen LogP) is 1.30. The maximum atomic E-state index is 6.07. The lowest BCUT2D eigenvalue weighted by Gasteiger charge is -2.30. The van der Waals surface area contributed by atoms with Crippen molar-refractivity contribution in [1.29, 1.82) is 0 Å². The van der Waals surface area contributed by atoms with E-state index in [0.717, 1.165) is 36.8 Å². The second kappa shape index (κ2) is 4.96. The molecule has 2 rings (SSSR count). The fraction of sp³-hybridized carbons (Fsp3) is 0.750. The molecule has 5 nitrogen and oxygen atoms in total. The van der Waals surface area contributed by atoms with Gasteiger partial charge in [0.2, 0.25) is 0 Å². The largest absolute Gasteiger partial charge is 0.394 e. The molecule has 1 aliphatic heterocycles. The number of aromatic nitrogens is 2. The summed E-state index contributed by atoms with van der Waals surface area (Å²) in [6, 6.07) is 0.523. The maximum Gasteiger partial charge on any atom is 0.148 e. The summed E-state index contributed by atoms with van der Waals surface area (Å²) >= 11 is 0. The summed E-state index contributed by atoms with van der Waals surface area (Å²) in [7, 11) is 2.17. The van der Waals surface area contributed by atoms with Crippen LogP contribution in [0.5, 0.6) is 0 Å². The highest BCUT2D eigenvalue weighted by Crippen LogP contribution is 2.24. The molecule has 0 bridgehead atoms. The van der Waals surface area contributed by atoms with E-state index in [9.17, 15) is 0 Å². The number of nitrogens with two attached hydrogens (primary N) is 1. The highest BCUT2D eigenvalue weighted by Gasteiger charge is 2.19. The van der Waals surface area contributed by atoms with Crippen molar-refractivity contribution in [1.82, 2.24) is 14.7 Å². The number of aryl methyl sites for hydroxylation is 2. The molecule has 0 saturated carbocycles. The zero-order valence-corrected chi connectivity index (χ0v) is 11.0. The van der Waals surface area contributed by atoms with Gasteiger partial charge in [0.05, 0.1) is 11.4 Å². The van der Waals surface area contributed by atoms with Crippen LogP contribution in [0.3, 0.4) is 0 Å². The average Bonchev–Trinajstić information content (AvgIpc) is 2.59. The van der Waals surface area contributed by atoms with Gasteiger partial charge in [-0.3, -0.25) is 0 Å². The van der Waals surface area contributed by atoms with Crippen LogP contribution in [0.4, 0.5) is 11.5 Å². The Labute approximate surface area is 103 Å². The monoisotopic (exact) mass is 237 g/mol. The van der Waals surface area contributed by atoms with Crippen molar-refractivity contribution in [3.63, 3.8) is 0 Å². The molecular weight excluding hydrogens is 214 g/mol. The Morgan fingerprint density at radius 1 is 1.41 bits per heavy atom. The number of anilines is 2. The van der Waals surface area contributed by atoms with Gasteiger partial charge in [0, 0.05) is 12.6 Å². The lowest BCUT2D eigenvalue weighted by molar-refractivity contribution is 0.263. The molecular formula is C12H23N5. The van der Waals surface area contributed by atoms with Crippen LogP contribution in [0.2, 0.25) is 0 Å². The zero-order valence-electron chi connectivity index (χ0n) is 11.0. The molecule has 0 aromatic carbocycles. The minimum absolute atomic E-state index is 0.523. The smallest absolute Gasteiger partial charge is 0.148 e. The molecule has 1 saturated heterocycles. The van der Waals surface area contributed by atoms with E-state index in [0.29, 0.717) is 6.04 Å². The molecule has 5 heteroatoms. The zero-order chi connectivity index (χ0) is 12.4. The summed E-state index contributed by atoms with van der Waals surface area (Å²) in [6.07, 6.45) is 2.34. The number of piperidine rings is 1. The van der Waals surface area contributed by atoms with Crippen molar-refractivity contribution in [3.05, 3.63) is 5.69 Å². The first-order valence-electron chi connectivity index (χ1n) is 6.39. The first kappa shape index (κ1) is 12.2. The molecule has 2 heterocycles. The van der Waals surface area contributed by atoms with Gasteiger partial charge in [-0.05, 0) is 46.8 Å². The second-order valence-corrected chi connectivity index (χ2v) is 4.89. The Hall–Kier alpha value is -1.23. The van der Waals surface area contributed by atoms with Crippen molar-refractivity contribution in [3.8, 4) is 0 Å². The van der Waals surface area contributed by atoms with Crippen molar-refractivity contribution < 1.29 is 0 Å². The van der Waals surface area contributed by atoms with E-state index in [1.807, 2.05) is 11.6 Å². The van der Waals surface area contributed by atoms with Gasteiger partial charge < -0.3 is 16.0 Å². The van der Waals surface area contributed by atoms with E-state index >= 15 is 0 Å². The molecule has 96 valence electrons. The van der Waals surface area contributed by atoms with Crippen LogP contribution >= 0.6 is 0 Å². The number of nitrogens with zero attached hydrogens (tertiary/aromatic N) is 3. The minimum Gasteiger partial charge on any atom is -0.394 e. The van der Waals surface area contributed by atoms with Crippen LogP contribution < -0.4 is 11.1 Å². The fourth-order valence-corrected chi connectivity index (χ4v) is 2.32. The number of hydrogen-bond donors (Lipinski definition) is 2. The third kappa shape index (κ3) is 2.54. The van der Waals surface area contributed by atoms with Gasteiger partial charge >= 0.3 is 0 Å². The summed E-state index contributed by atoms with van der Waals surface area (Å²) in [5.74, 6) is 1.000. The SMILES string of the molecule is CCn1nc(C)c(N)c1NC1CCN(C)CC1. The molecule has 1 aliphatic rings. The molecule has 1 aromatic rings. The standard InChI is InChI=1S/C12H23N5/c1-4-17-12(11(13)9(2)15-17)14-10-5-7-16(3)8-6-10/h10,14H,4-8,13H2,1-3H3. The van der Waals surface area contributed by atoms with Crippen LogP contribution in [0.25, 0.3) is 0 Å². The molecule has 0 spiro atoms. The Balaban J connectivity index is 2.07. The quantitative estimate of drug-likeness (QED) is 0.832. The third-order valence-electron chi connectivity index (χ3n) is 3.53. The fourth-order valence-electron chi connectivity index (χ4n) is 2.32. The van der Waals surface area contributed by atoms with E-state index in [1.165, 1.54) is 12.8 Å². The Bertz CT molecular complexity index is 376. The summed E-state index contributed by atoms with van der Waals surface area (Å²) in [5, 5.41) is 7.99. The van der Waals surface area contributed by atoms with Gasteiger partial charge in [-0.2, -0.15) is 5.10 Å². The summed E-state index contributed by atoms with van der Waals surface area (Å²) in [6.45, 7) is 7.20. The van der Waals surface area contributed by atoms with Gasteiger partial charge in [-0.1, -0.05) is 0 Å². The number of nitrogens with one attached hydrogen (secondary N) is 1. The second-order valence-electron chi connectivity index (χ2n) is 4.89. The molecule has 17 heavy (non-hydrogen) atoms. The van der Waals surface area contributed by atoms with Gasteiger partial charge in [-0.15, -0.1) is 0 Å². The molecule has 0 radical (unpaired) electrons. The summed E-state index contributed by atoms with van der Waals surface area (Å²) < 4.78 is 1.96. The molecule has 0 atom stereocenters. The van der Waals surface area contributed by atoms with E-state index in [2.05, 4.69) is 29.3 Å². The Morgan fingerprint density at radius 2 is 2.06 bits per heavy atom. The van der Waals surface area contributed by atoms with Crippen LogP contribution in [0.15, 0.2) is 0 Å². The lowest BCUT2D eigenvalue weighted by atomic mass is 10.1. The molecule has 1 aromatic heterocycles. The van der Waals surface area contributed by atoms with Gasteiger partial charge in [0.15, 0.2) is 0 Å². The van der Waals surface area contributed by atoms with Gasteiger partial charge in [0.25, 0.3) is 0 Å². The topological polar surface area (TPSA) is 59.1 Å². The van der Waals surface area contributed by atoms with E-state index < -0.39 is 0 Å². The van der Waals surface area contributed by atoms with Crippen LogP contribution in [-0.4, -0.2) is 40.9 Å². The molecule has 0 amide bonds. The highest BCUT2D eigenvalue weighted by atomic mass is 15.3. The Kier molecular flexibility index (Phi) is 3.57. The number of likely N-dealkylation sites (tertiary alicyclic amines) is 1. The van der Waals surface area contributed by atoms with Crippen LogP contribution in [0.1, 0.15) is 25.5 Å². The van der Waals surface area contributed by atoms with E-state index in [4.69, 9.17) is 5.73 Å². The normalized spacial score (nSPS) is 18.5. The van der Waals surface area contributed by atoms with Crippen molar-refractivity contribution >= 4 is 11.5 Å². The summed E-state index contributed by atoms with van der Waals surface area (Å²) in [5.41, 5.74) is 7.78. The minimum atomic E-state index is 0.523. The number of nitrogen functional groups attached to an aromatic ring is 1. The third-order valence-corrected chi connectivity index (χ3v) is 3.53. The highest BCUT2D eigenvalue weighted by molar-refractivity contribution is 5.65. The Morgan fingerprint density at radius 3 is 2.65 bits per heavy atom. The molecule has 0 aliphatic carbocycles. The van der Waals surface area contributed by atoms with Gasteiger partial charge in [0.1, 0.15) is 5.82 Å². The average molecular weight is 237 g/mol. The summed E-state index contributed by atoms with van der Waals surface area (Å²) in [4.78, 5) is 2.36. The predicted molar refractivity (Wildman–Crippen MR) is 71.2 cm³/mol. The maximum absolute atomic E-state index is 6.07. The van der Waals surface area contributed by atoms with Crippen molar-refractivity contribution in [2.24, 2.45) is 0 Å². The first-order chi connectivity index (χ1) is 8.11. The molecule has 3 N–H and O–H groups in total. The van der Waals surface area contributed by atoms with E-state index in [1.54, 1.807) is 0 Å². The first-order valence-corrected chi connectivity index (χ1v) is 6.39. The van der Waals surface area contributed by atoms with E-state index in [-0.39, 0.29) is 0 Å². The number of hydrogen-bond acceptors (Lipinski definition) is 4. The lowest BCUT2D eigenvalue weighted by Crippen LogP contribution is -2.37. The van der Waals surface area contributed by atoms with Crippen molar-refractivity contribution in [2.75, 3.05) is 31.2 Å². The number of rotatable bonds is 3. The molecule has 0 unspecified atom stereocenters. The van der Waals surface area contributed by atoms with Gasteiger partial charge in [-0.25, -0.2) is 4.68 Å². The van der Waals surface area contributed by atoms with Crippen LogP contribution in [-0.2, 0) is 6.54 Å².